The summed E-state index contributed by atoms with van der Waals surface area (Å²) in [6.45, 7) is 0. The lowest BCUT2D eigenvalue weighted by Crippen LogP contribution is -2.11. The fraction of sp³-hybridized carbons (Fsp3) is 0.0909. The number of hydrogen-bond donors (Lipinski definition) is 1. The minimum Gasteiger partial charge on any atom is -0.497 e. The highest BCUT2D eigenvalue weighted by Gasteiger charge is 2.09. The van der Waals surface area contributed by atoms with Crippen LogP contribution in [0.1, 0.15) is 21.8 Å². The highest BCUT2D eigenvalue weighted by molar-refractivity contribution is 6.31. The molecule has 3 aromatic carbocycles. The Hall–Kier alpha value is -3.31. The van der Waals surface area contributed by atoms with Crippen molar-refractivity contribution in [1.29, 1.82) is 0 Å². The topological polar surface area (TPSA) is 64.4 Å². The number of methoxy groups -OCH3 is 1. The zero-order valence-corrected chi connectivity index (χ0v) is 15.9. The number of aromatic nitrogens is 1. The summed E-state index contributed by atoms with van der Waals surface area (Å²) < 4.78 is 10.9. The fourth-order valence-electron chi connectivity index (χ4n) is 2.87. The zero-order valence-electron chi connectivity index (χ0n) is 15.1. The Kier molecular flexibility index (Phi) is 5.00. The van der Waals surface area contributed by atoms with Crippen LogP contribution in [0.4, 0.5) is 5.69 Å². The summed E-state index contributed by atoms with van der Waals surface area (Å²) in [6.07, 6.45) is 0.552. The smallest absolute Gasteiger partial charge is 0.255 e. The number of nitrogens with zero attached hydrogens (tertiary/aromatic N) is 1. The van der Waals surface area contributed by atoms with Crippen LogP contribution in [0.5, 0.6) is 5.75 Å². The molecule has 4 rings (SSSR count). The number of carbonyl (C=O) groups excluding carboxylic acids is 1. The molecule has 0 radical (unpaired) electrons. The van der Waals surface area contributed by atoms with E-state index in [1.54, 1.807) is 43.5 Å². The number of benzene rings is 3. The highest BCUT2D eigenvalue weighted by atomic mass is 35.5. The number of nitrogens with one attached hydrogen (secondary N) is 1. The minimum atomic E-state index is -0.192. The number of rotatable bonds is 5. The van der Waals surface area contributed by atoms with Gasteiger partial charge in [0.2, 0.25) is 0 Å². The molecular formula is C22H17ClN2O3. The van der Waals surface area contributed by atoms with Crippen molar-refractivity contribution >= 4 is 34.3 Å². The van der Waals surface area contributed by atoms with E-state index >= 15 is 0 Å². The summed E-state index contributed by atoms with van der Waals surface area (Å²) >= 11 is 5.99. The first kappa shape index (κ1) is 18.1. The summed E-state index contributed by atoms with van der Waals surface area (Å²) in [6, 6.07) is 20.0. The number of halogens is 1. The summed E-state index contributed by atoms with van der Waals surface area (Å²) in [5.41, 5.74) is 3.72. The molecule has 4 aromatic rings. The van der Waals surface area contributed by atoms with E-state index in [1.807, 2.05) is 30.3 Å². The fourth-order valence-corrected chi connectivity index (χ4v) is 3.04. The van der Waals surface area contributed by atoms with Crippen LogP contribution in [0.3, 0.4) is 0 Å². The lowest BCUT2D eigenvalue weighted by atomic mass is 10.1. The van der Waals surface area contributed by atoms with Gasteiger partial charge < -0.3 is 14.5 Å². The molecule has 140 valence electrons. The van der Waals surface area contributed by atoms with E-state index in [1.165, 1.54) is 0 Å². The molecule has 0 aliphatic heterocycles. The van der Waals surface area contributed by atoms with Crippen molar-refractivity contribution in [2.24, 2.45) is 0 Å². The Labute approximate surface area is 166 Å². The third-order valence-electron chi connectivity index (χ3n) is 4.29. The van der Waals surface area contributed by atoms with Crippen LogP contribution >= 0.6 is 11.6 Å². The number of amides is 1. The van der Waals surface area contributed by atoms with E-state index < -0.39 is 0 Å². The van der Waals surface area contributed by atoms with Crippen molar-refractivity contribution in [1.82, 2.24) is 4.98 Å². The van der Waals surface area contributed by atoms with E-state index in [4.69, 9.17) is 20.8 Å². The van der Waals surface area contributed by atoms with Gasteiger partial charge in [0, 0.05) is 22.7 Å². The molecule has 1 heterocycles. The molecule has 1 aromatic heterocycles. The van der Waals surface area contributed by atoms with Gasteiger partial charge in [0.15, 0.2) is 11.5 Å². The second-order valence-corrected chi connectivity index (χ2v) is 6.72. The Morgan fingerprint density at radius 2 is 1.93 bits per heavy atom. The van der Waals surface area contributed by atoms with Crippen LogP contribution < -0.4 is 10.1 Å². The van der Waals surface area contributed by atoms with Gasteiger partial charge in [0.05, 0.1) is 7.11 Å². The third-order valence-corrected chi connectivity index (χ3v) is 4.53. The largest absolute Gasteiger partial charge is 0.497 e. The van der Waals surface area contributed by atoms with Crippen molar-refractivity contribution in [3.05, 3.63) is 88.8 Å². The Balaban J connectivity index is 1.44. The van der Waals surface area contributed by atoms with Crippen molar-refractivity contribution in [3.63, 3.8) is 0 Å². The maximum atomic E-state index is 12.4. The molecule has 0 saturated carbocycles. The normalized spacial score (nSPS) is 10.8. The van der Waals surface area contributed by atoms with E-state index in [0.29, 0.717) is 39.9 Å². The van der Waals surface area contributed by atoms with Crippen LogP contribution in [0.25, 0.3) is 11.1 Å². The average molecular weight is 393 g/mol. The molecule has 0 bridgehead atoms. The van der Waals surface area contributed by atoms with E-state index in [-0.39, 0.29) is 5.91 Å². The quantitative estimate of drug-likeness (QED) is 0.498. The van der Waals surface area contributed by atoms with Crippen molar-refractivity contribution in [3.8, 4) is 5.75 Å². The zero-order chi connectivity index (χ0) is 19.5. The Morgan fingerprint density at radius 1 is 1.11 bits per heavy atom. The highest BCUT2D eigenvalue weighted by Crippen LogP contribution is 2.22. The molecule has 0 aliphatic carbocycles. The molecule has 28 heavy (non-hydrogen) atoms. The van der Waals surface area contributed by atoms with Crippen molar-refractivity contribution < 1.29 is 13.9 Å². The van der Waals surface area contributed by atoms with Crippen LogP contribution in [0.15, 0.2) is 71.1 Å². The van der Waals surface area contributed by atoms with Crippen LogP contribution in [0, 0.1) is 0 Å². The molecule has 0 aliphatic rings. The lowest BCUT2D eigenvalue weighted by molar-refractivity contribution is 0.102. The second-order valence-electron chi connectivity index (χ2n) is 6.28. The lowest BCUT2D eigenvalue weighted by Gasteiger charge is -2.07. The number of carbonyl (C=O) groups is 1. The predicted molar refractivity (Wildman–Crippen MR) is 109 cm³/mol. The van der Waals surface area contributed by atoms with Gasteiger partial charge in [-0.2, -0.15) is 0 Å². The molecule has 0 fully saturated rings. The summed E-state index contributed by atoms with van der Waals surface area (Å²) in [7, 11) is 1.57. The molecule has 5 nitrogen and oxygen atoms in total. The van der Waals surface area contributed by atoms with Gasteiger partial charge in [0.25, 0.3) is 5.91 Å². The monoisotopic (exact) mass is 392 g/mol. The molecule has 6 heteroatoms. The maximum absolute atomic E-state index is 12.4. The maximum Gasteiger partial charge on any atom is 0.255 e. The number of oxazole rings is 1. The number of hydrogen-bond acceptors (Lipinski definition) is 4. The van der Waals surface area contributed by atoms with Gasteiger partial charge in [0.1, 0.15) is 11.3 Å². The predicted octanol–water partition coefficient (Wildman–Crippen LogP) is 5.33. The van der Waals surface area contributed by atoms with Crippen LogP contribution in [-0.4, -0.2) is 18.0 Å². The van der Waals surface area contributed by atoms with Gasteiger partial charge in [-0.3, -0.25) is 4.79 Å². The standard InChI is InChI=1S/C22H17ClN2O3/c1-27-18-4-2-3-15(12-18)22(26)24-17-8-5-14(6-9-17)11-21-25-19-13-16(23)7-10-20(19)28-21/h2-10,12-13H,11H2,1H3,(H,24,26). The number of anilines is 1. The van der Waals surface area contributed by atoms with Gasteiger partial charge in [-0.15, -0.1) is 0 Å². The summed E-state index contributed by atoms with van der Waals surface area (Å²) in [5, 5.41) is 3.51. The van der Waals surface area contributed by atoms with E-state index in [2.05, 4.69) is 10.3 Å². The molecule has 1 N–H and O–H groups in total. The minimum absolute atomic E-state index is 0.192. The second kappa shape index (κ2) is 7.74. The summed E-state index contributed by atoms with van der Waals surface area (Å²) in [5.74, 6) is 1.07. The van der Waals surface area contributed by atoms with Gasteiger partial charge >= 0.3 is 0 Å². The molecular weight excluding hydrogens is 376 g/mol. The first-order valence-electron chi connectivity index (χ1n) is 8.70. The first-order chi connectivity index (χ1) is 13.6. The molecule has 0 saturated heterocycles. The van der Waals surface area contributed by atoms with E-state index in [0.717, 1.165) is 11.1 Å². The Morgan fingerprint density at radius 3 is 2.71 bits per heavy atom. The van der Waals surface area contributed by atoms with Gasteiger partial charge in [-0.05, 0) is 54.1 Å². The van der Waals surface area contributed by atoms with Crippen LogP contribution in [-0.2, 0) is 6.42 Å². The molecule has 1 amide bonds. The Bertz CT molecular complexity index is 1140. The molecule has 0 unspecified atom stereocenters. The number of ether oxygens (including phenoxy) is 1. The average Bonchev–Trinajstić information content (AvgIpc) is 3.10. The van der Waals surface area contributed by atoms with Crippen molar-refractivity contribution in [2.45, 2.75) is 6.42 Å². The van der Waals surface area contributed by atoms with Gasteiger partial charge in [-0.25, -0.2) is 4.98 Å². The first-order valence-corrected chi connectivity index (χ1v) is 9.08. The number of fused-ring (bicyclic) bond motifs is 1. The van der Waals surface area contributed by atoms with Crippen LogP contribution in [0.2, 0.25) is 5.02 Å². The van der Waals surface area contributed by atoms with E-state index in [9.17, 15) is 4.79 Å². The van der Waals surface area contributed by atoms with Crippen molar-refractivity contribution in [2.75, 3.05) is 12.4 Å². The summed E-state index contributed by atoms with van der Waals surface area (Å²) in [4.78, 5) is 16.8. The SMILES string of the molecule is COc1cccc(C(=O)Nc2ccc(Cc3nc4cc(Cl)ccc4o3)cc2)c1. The molecule has 0 atom stereocenters. The molecule has 0 spiro atoms. The third kappa shape index (κ3) is 4.00. The van der Waals surface area contributed by atoms with Gasteiger partial charge in [-0.1, -0.05) is 29.8 Å².